The van der Waals surface area contributed by atoms with Crippen LogP contribution >= 0.6 is 54.8 Å². The van der Waals surface area contributed by atoms with Gasteiger partial charge in [0.05, 0.1) is 14.9 Å². The maximum atomic E-state index is 6.37. The van der Waals surface area contributed by atoms with Crippen LogP contribution in [0.25, 0.3) is 0 Å². The molecular weight excluding hydrogens is 397 g/mol. The van der Waals surface area contributed by atoms with Crippen LogP contribution in [-0.2, 0) is 0 Å². The van der Waals surface area contributed by atoms with Crippen LogP contribution in [0, 0.1) is 6.92 Å². The van der Waals surface area contributed by atoms with Crippen LogP contribution in [0.15, 0.2) is 32.5 Å². The van der Waals surface area contributed by atoms with Gasteiger partial charge in [0, 0.05) is 9.35 Å². The smallest absolute Gasteiger partial charge is 0.0731 e. The SMILES string of the molecule is CNC(c1cc(C)c(Br)s1)c1cccc(Br)c1Cl. The molecule has 0 radical (unpaired) electrons. The molecule has 1 N–H and O–H groups in total. The van der Waals surface area contributed by atoms with Crippen molar-refractivity contribution in [2.75, 3.05) is 7.05 Å². The molecular formula is C13H12Br2ClNS. The predicted octanol–water partition coefficient (Wildman–Crippen LogP) is 5.54. The Kier molecular flexibility index (Phi) is 4.89. The van der Waals surface area contributed by atoms with Gasteiger partial charge in [-0.25, -0.2) is 0 Å². The molecule has 96 valence electrons. The predicted molar refractivity (Wildman–Crippen MR) is 86.8 cm³/mol. The van der Waals surface area contributed by atoms with Crippen molar-refractivity contribution < 1.29 is 0 Å². The van der Waals surface area contributed by atoms with E-state index in [2.05, 4.69) is 56.2 Å². The van der Waals surface area contributed by atoms with Crippen LogP contribution in [-0.4, -0.2) is 7.05 Å². The number of benzene rings is 1. The Morgan fingerprint density at radius 2 is 2.06 bits per heavy atom. The van der Waals surface area contributed by atoms with Crippen LogP contribution in [0.3, 0.4) is 0 Å². The Labute approximate surface area is 133 Å². The van der Waals surface area contributed by atoms with E-state index in [1.807, 2.05) is 19.2 Å². The number of nitrogens with one attached hydrogen (secondary N) is 1. The first-order chi connectivity index (χ1) is 8.54. The van der Waals surface area contributed by atoms with Crippen LogP contribution in [0.1, 0.15) is 22.0 Å². The summed E-state index contributed by atoms with van der Waals surface area (Å²) in [6.45, 7) is 2.10. The molecule has 1 nitrogen and oxygen atoms in total. The zero-order valence-corrected chi connectivity index (χ0v) is 14.7. The van der Waals surface area contributed by atoms with Gasteiger partial charge in [-0.15, -0.1) is 11.3 Å². The molecule has 0 aliphatic heterocycles. The van der Waals surface area contributed by atoms with Crippen LogP contribution in [0.2, 0.25) is 5.02 Å². The molecule has 0 aliphatic carbocycles. The van der Waals surface area contributed by atoms with Gasteiger partial charge in [-0.2, -0.15) is 0 Å². The Morgan fingerprint density at radius 1 is 1.33 bits per heavy atom. The third-order valence-corrected chi connectivity index (χ3v) is 6.25. The molecule has 5 heteroatoms. The van der Waals surface area contributed by atoms with Gasteiger partial charge >= 0.3 is 0 Å². The molecule has 0 bridgehead atoms. The normalized spacial score (nSPS) is 12.7. The van der Waals surface area contributed by atoms with E-state index in [0.717, 1.165) is 15.1 Å². The number of hydrogen-bond donors (Lipinski definition) is 1. The van der Waals surface area contributed by atoms with Crippen LogP contribution in [0.5, 0.6) is 0 Å². The van der Waals surface area contributed by atoms with Crippen molar-refractivity contribution in [2.45, 2.75) is 13.0 Å². The number of thiophene rings is 1. The first-order valence-electron chi connectivity index (χ1n) is 5.41. The molecule has 0 aliphatic rings. The Balaban J connectivity index is 2.48. The minimum Gasteiger partial charge on any atom is -0.309 e. The molecule has 1 aromatic heterocycles. The number of hydrogen-bond acceptors (Lipinski definition) is 2. The summed E-state index contributed by atoms with van der Waals surface area (Å²) in [7, 11) is 1.95. The fourth-order valence-corrected chi connectivity index (χ4v) is 4.14. The van der Waals surface area contributed by atoms with Gasteiger partial charge < -0.3 is 5.32 Å². The minimum atomic E-state index is 0.116. The number of aryl methyl sites for hydroxylation is 1. The summed E-state index contributed by atoms with van der Waals surface area (Å²) < 4.78 is 2.10. The standard InChI is InChI=1S/C13H12Br2ClNS/c1-7-6-10(18-13(7)15)12(17-2)8-4-3-5-9(14)11(8)16/h3-6,12,17H,1-2H3. The highest BCUT2D eigenvalue weighted by Crippen LogP contribution is 2.38. The highest BCUT2D eigenvalue weighted by molar-refractivity contribution is 9.11. The molecule has 1 unspecified atom stereocenters. The molecule has 0 saturated carbocycles. The lowest BCUT2D eigenvalue weighted by Gasteiger charge is -2.17. The third kappa shape index (κ3) is 2.83. The zero-order chi connectivity index (χ0) is 13.3. The van der Waals surface area contributed by atoms with Crippen LogP contribution in [0.4, 0.5) is 0 Å². The third-order valence-electron chi connectivity index (χ3n) is 2.74. The quantitative estimate of drug-likeness (QED) is 0.701. The van der Waals surface area contributed by atoms with E-state index >= 15 is 0 Å². The lowest BCUT2D eigenvalue weighted by molar-refractivity contribution is 0.703. The van der Waals surface area contributed by atoms with Gasteiger partial charge in [-0.3, -0.25) is 0 Å². The van der Waals surface area contributed by atoms with Gasteiger partial charge in [0.1, 0.15) is 0 Å². The topological polar surface area (TPSA) is 12.0 Å². The Hall–Kier alpha value is 0.130. The van der Waals surface area contributed by atoms with Crippen molar-refractivity contribution in [3.8, 4) is 0 Å². The summed E-state index contributed by atoms with van der Waals surface area (Å²) in [6, 6.07) is 8.31. The molecule has 1 atom stereocenters. The minimum absolute atomic E-state index is 0.116. The number of halogens is 3. The summed E-state index contributed by atoms with van der Waals surface area (Å²) in [5.41, 5.74) is 2.34. The van der Waals surface area contributed by atoms with Crippen molar-refractivity contribution >= 4 is 54.8 Å². The molecule has 1 aromatic carbocycles. The second kappa shape index (κ2) is 6.06. The van der Waals surface area contributed by atoms with E-state index in [1.165, 1.54) is 14.2 Å². The number of rotatable bonds is 3. The second-order valence-electron chi connectivity index (χ2n) is 3.97. The average molecular weight is 410 g/mol. The summed E-state index contributed by atoms with van der Waals surface area (Å²) in [5, 5.41) is 4.09. The Bertz CT molecular complexity index is 549. The lowest BCUT2D eigenvalue weighted by atomic mass is 10.1. The molecule has 2 rings (SSSR count). The lowest BCUT2D eigenvalue weighted by Crippen LogP contribution is -2.16. The van der Waals surface area contributed by atoms with E-state index in [0.29, 0.717) is 0 Å². The first-order valence-corrected chi connectivity index (χ1v) is 8.19. The van der Waals surface area contributed by atoms with Crippen LogP contribution < -0.4 is 5.32 Å². The zero-order valence-electron chi connectivity index (χ0n) is 9.93. The molecule has 0 fully saturated rings. The molecule has 0 spiro atoms. The van der Waals surface area contributed by atoms with Gasteiger partial charge in [0.2, 0.25) is 0 Å². The first kappa shape index (κ1) is 14.5. The summed E-state index contributed by atoms with van der Waals surface area (Å²) in [6.07, 6.45) is 0. The second-order valence-corrected chi connectivity index (χ2v) is 7.60. The molecule has 2 aromatic rings. The van der Waals surface area contributed by atoms with E-state index in [9.17, 15) is 0 Å². The highest BCUT2D eigenvalue weighted by atomic mass is 79.9. The van der Waals surface area contributed by atoms with E-state index in [1.54, 1.807) is 11.3 Å². The Morgan fingerprint density at radius 3 is 2.61 bits per heavy atom. The fourth-order valence-electron chi connectivity index (χ4n) is 1.82. The molecule has 18 heavy (non-hydrogen) atoms. The van der Waals surface area contributed by atoms with Gasteiger partial charge in [-0.1, -0.05) is 23.7 Å². The maximum absolute atomic E-state index is 6.37. The van der Waals surface area contributed by atoms with Gasteiger partial charge in [-0.05, 0) is 69.1 Å². The van der Waals surface area contributed by atoms with Crippen molar-refractivity contribution in [1.82, 2.24) is 5.32 Å². The largest absolute Gasteiger partial charge is 0.309 e. The van der Waals surface area contributed by atoms with E-state index < -0.39 is 0 Å². The van der Waals surface area contributed by atoms with Crippen molar-refractivity contribution in [3.05, 3.63) is 53.6 Å². The summed E-state index contributed by atoms with van der Waals surface area (Å²) >= 11 is 15.1. The maximum Gasteiger partial charge on any atom is 0.0731 e. The van der Waals surface area contributed by atoms with E-state index in [4.69, 9.17) is 11.6 Å². The van der Waals surface area contributed by atoms with Crippen molar-refractivity contribution in [1.29, 1.82) is 0 Å². The van der Waals surface area contributed by atoms with Gasteiger partial charge in [0.15, 0.2) is 0 Å². The summed E-state index contributed by atoms with van der Waals surface area (Å²) in [4.78, 5) is 1.25. The van der Waals surface area contributed by atoms with Gasteiger partial charge in [0.25, 0.3) is 0 Å². The van der Waals surface area contributed by atoms with E-state index in [-0.39, 0.29) is 6.04 Å². The van der Waals surface area contributed by atoms with Crippen molar-refractivity contribution in [3.63, 3.8) is 0 Å². The fraction of sp³-hybridized carbons (Fsp3) is 0.231. The molecule has 0 saturated heterocycles. The average Bonchev–Trinajstić information content (AvgIpc) is 2.66. The molecule has 0 amide bonds. The highest BCUT2D eigenvalue weighted by Gasteiger charge is 2.19. The molecule has 1 heterocycles. The van der Waals surface area contributed by atoms with Crippen molar-refractivity contribution in [2.24, 2.45) is 0 Å². The monoisotopic (exact) mass is 407 g/mol. The summed E-state index contributed by atoms with van der Waals surface area (Å²) in [5.74, 6) is 0.